The molecule has 0 radical (unpaired) electrons. The zero-order valence-electron chi connectivity index (χ0n) is 16.1. The van der Waals surface area contributed by atoms with Crippen LogP contribution in [0.4, 0.5) is 29.2 Å². The van der Waals surface area contributed by atoms with Crippen LogP contribution in [0, 0.1) is 11.7 Å². The van der Waals surface area contributed by atoms with Crippen molar-refractivity contribution in [3.05, 3.63) is 54.3 Å². The van der Waals surface area contributed by atoms with E-state index in [4.69, 9.17) is 0 Å². The number of nitrogens with one attached hydrogen (secondary N) is 1. The predicted molar refractivity (Wildman–Crippen MR) is 108 cm³/mol. The number of fused-ring (bicyclic) bond motifs is 1. The first-order chi connectivity index (χ1) is 14.6. The summed E-state index contributed by atoms with van der Waals surface area (Å²) < 4.78 is 81.0. The van der Waals surface area contributed by atoms with Crippen LogP contribution in [0.25, 0.3) is 11.0 Å². The van der Waals surface area contributed by atoms with E-state index in [0.717, 1.165) is 24.3 Å². The van der Waals surface area contributed by atoms with Gasteiger partial charge in [-0.3, -0.25) is 4.72 Å². The van der Waals surface area contributed by atoms with Crippen molar-refractivity contribution in [2.75, 3.05) is 22.7 Å². The molecule has 2 aromatic carbocycles. The second kappa shape index (κ2) is 7.95. The molecule has 1 N–H and O–H groups in total. The van der Waals surface area contributed by atoms with Crippen molar-refractivity contribution in [3.63, 3.8) is 0 Å². The van der Waals surface area contributed by atoms with Crippen molar-refractivity contribution in [1.82, 2.24) is 9.97 Å². The van der Waals surface area contributed by atoms with E-state index in [2.05, 4.69) is 14.7 Å². The zero-order valence-corrected chi connectivity index (χ0v) is 16.9. The van der Waals surface area contributed by atoms with Gasteiger partial charge in [-0.15, -0.1) is 0 Å². The van der Waals surface area contributed by atoms with Crippen LogP contribution in [0.15, 0.2) is 53.4 Å². The van der Waals surface area contributed by atoms with Crippen molar-refractivity contribution in [3.8, 4) is 0 Å². The van der Waals surface area contributed by atoms with Crippen LogP contribution in [0.2, 0.25) is 0 Å². The average molecular weight is 454 g/mol. The minimum atomic E-state index is -4.36. The molecule has 1 aromatic heterocycles. The lowest BCUT2D eigenvalue weighted by Crippen LogP contribution is -2.42. The number of benzene rings is 2. The highest BCUT2D eigenvalue weighted by Gasteiger charge is 2.42. The van der Waals surface area contributed by atoms with Crippen LogP contribution >= 0.6 is 0 Å². The number of sulfonamides is 1. The SMILES string of the molecule is O=S(=O)(Nc1nc2ccccc2nc1N1CCCC(C(F)(F)F)C1)c1ccc(F)cc1. The van der Waals surface area contributed by atoms with Crippen LogP contribution in [-0.4, -0.2) is 37.7 Å². The third-order valence-corrected chi connectivity index (χ3v) is 6.45. The third-order valence-electron chi connectivity index (χ3n) is 5.09. The Kier molecular flexibility index (Phi) is 5.46. The Balaban J connectivity index is 1.76. The van der Waals surface area contributed by atoms with Gasteiger partial charge in [-0.25, -0.2) is 22.8 Å². The summed E-state index contributed by atoms with van der Waals surface area (Å²) in [5.74, 6) is -2.29. The normalized spacial score (nSPS) is 17.7. The van der Waals surface area contributed by atoms with Gasteiger partial charge in [-0.2, -0.15) is 13.2 Å². The molecule has 0 saturated carbocycles. The minimum Gasteiger partial charge on any atom is -0.353 e. The van der Waals surface area contributed by atoms with Gasteiger partial charge in [0.25, 0.3) is 10.0 Å². The first-order valence-electron chi connectivity index (χ1n) is 9.50. The maximum atomic E-state index is 13.3. The number of aromatic nitrogens is 2. The largest absolute Gasteiger partial charge is 0.393 e. The van der Waals surface area contributed by atoms with Crippen LogP contribution in [0.1, 0.15) is 12.8 Å². The molecule has 31 heavy (non-hydrogen) atoms. The molecule has 0 aliphatic carbocycles. The lowest BCUT2D eigenvalue weighted by Gasteiger charge is -2.35. The molecule has 3 aromatic rings. The van der Waals surface area contributed by atoms with Gasteiger partial charge in [0.1, 0.15) is 5.82 Å². The first kappa shape index (κ1) is 21.3. The lowest BCUT2D eigenvalue weighted by molar-refractivity contribution is -0.176. The Labute approximate surface area is 176 Å². The summed E-state index contributed by atoms with van der Waals surface area (Å²) in [6.07, 6.45) is -4.09. The Morgan fingerprint density at radius 1 is 1.00 bits per heavy atom. The van der Waals surface area contributed by atoms with Gasteiger partial charge < -0.3 is 4.90 Å². The van der Waals surface area contributed by atoms with Crippen LogP contribution in [0.5, 0.6) is 0 Å². The molecule has 4 rings (SSSR count). The van der Waals surface area contributed by atoms with E-state index < -0.39 is 27.9 Å². The topological polar surface area (TPSA) is 75.2 Å². The average Bonchev–Trinajstić information content (AvgIpc) is 2.73. The Hall–Kier alpha value is -2.95. The molecule has 1 aliphatic heterocycles. The summed E-state index contributed by atoms with van der Waals surface area (Å²) in [5.41, 5.74) is 0.809. The van der Waals surface area contributed by atoms with Gasteiger partial charge in [0.05, 0.1) is 21.8 Å². The van der Waals surface area contributed by atoms with Crippen LogP contribution in [0.3, 0.4) is 0 Å². The summed E-state index contributed by atoms with van der Waals surface area (Å²) in [7, 11) is -4.17. The van der Waals surface area contributed by atoms with E-state index in [1.165, 1.54) is 4.90 Å². The van der Waals surface area contributed by atoms with Crippen LogP contribution < -0.4 is 9.62 Å². The van der Waals surface area contributed by atoms with Gasteiger partial charge in [-0.1, -0.05) is 12.1 Å². The molecule has 164 valence electrons. The first-order valence-corrected chi connectivity index (χ1v) is 11.0. The van der Waals surface area contributed by atoms with E-state index in [0.29, 0.717) is 11.0 Å². The number of anilines is 2. The van der Waals surface area contributed by atoms with E-state index in [1.807, 2.05) is 0 Å². The Bertz CT molecular complexity index is 1200. The summed E-state index contributed by atoms with van der Waals surface area (Å²) in [4.78, 5) is 9.93. The molecule has 2 heterocycles. The van der Waals surface area contributed by atoms with E-state index >= 15 is 0 Å². The third kappa shape index (κ3) is 4.55. The fraction of sp³-hybridized carbons (Fsp3) is 0.300. The highest BCUT2D eigenvalue weighted by atomic mass is 32.2. The Morgan fingerprint density at radius 3 is 2.29 bits per heavy atom. The number of hydrogen-bond donors (Lipinski definition) is 1. The molecule has 1 fully saturated rings. The molecule has 11 heteroatoms. The van der Waals surface area contributed by atoms with Gasteiger partial charge in [0.15, 0.2) is 11.6 Å². The second-order valence-corrected chi connectivity index (χ2v) is 8.95. The number of para-hydroxylation sites is 2. The van der Waals surface area contributed by atoms with Gasteiger partial charge in [0, 0.05) is 13.1 Å². The van der Waals surface area contributed by atoms with E-state index in [9.17, 15) is 26.0 Å². The summed E-state index contributed by atoms with van der Waals surface area (Å²) in [6, 6.07) is 10.8. The highest BCUT2D eigenvalue weighted by Crippen LogP contribution is 2.36. The number of alkyl halides is 3. The second-order valence-electron chi connectivity index (χ2n) is 7.27. The molecular weight excluding hydrogens is 436 g/mol. The quantitative estimate of drug-likeness (QED) is 0.594. The number of rotatable bonds is 4. The van der Waals surface area contributed by atoms with Crippen molar-refractivity contribution in [1.29, 1.82) is 0 Å². The molecule has 0 amide bonds. The number of halogens is 4. The van der Waals surface area contributed by atoms with Gasteiger partial charge >= 0.3 is 6.18 Å². The predicted octanol–water partition coefficient (Wildman–Crippen LogP) is 4.35. The molecule has 6 nitrogen and oxygen atoms in total. The fourth-order valence-corrected chi connectivity index (χ4v) is 4.52. The number of hydrogen-bond acceptors (Lipinski definition) is 5. The van der Waals surface area contributed by atoms with Crippen molar-refractivity contribution >= 4 is 32.7 Å². The standard InChI is InChI=1S/C20H18F4N4O2S/c21-14-7-9-15(10-8-14)31(29,30)27-18-19(26-17-6-2-1-5-16(17)25-18)28-11-3-4-13(12-28)20(22,23)24/h1-2,5-10,13H,3-4,11-12H2,(H,25,27). The molecule has 0 spiro atoms. The molecular formula is C20H18F4N4O2S. The minimum absolute atomic E-state index is 0.00233. The van der Waals surface area contributed by atoms with E-state index in [1.54, 1.807) is 24.3 Å². The Morgan fingerprint density at radius 2 is 1.65 bits per heavy atom. The molecule has 1 unspecified atom stereocenters. The molecule has 0 bridgehead atoms. The summed E-state index contributed by atoms with van der Waals surface area (Å²) >= 11 is 0. The highest BCUT2D eigenvalue weighted by molar-refractivity contribution is 7.92. The van der Waals surface area contributed by atoms with Gasteiger partial charge in [0.2, 0.25) is 0 Å². The van der Waals surface area contributed by atoms with Crippen molar-refractivity contribution < 1.29 is 26.0 Å². The van der Waals surface area contributed by atoms with Crippen molar-refractivity contribution in [2.24, 2.45) is 5.92 Å². The van der Waals surface area contributed by atoms with Gasteiger partial charge in [-0.05, 0) is 49.2 Å². The number of piperidine rings is 1. The fourth-order valence-electron chi connectivity index (χ4n) is 3.52. The number of nitrogens with zero attached hydrogens (tertiary/aromatic N) is 3. The smallest absolute Gasteiger partial charge is 0.353 e. The monoisotopic (exact) mass is 454 g/mol. The maximum absolute atomic E-state index is 13.3. The van der Waals surface area contributed by atoms with E-state index in [-0.39, 0.29) is 42.5 Å². The molecule has 1 saturated heterocycles. The van der Waals surface area contributed by atoms with Crippen LogP contribution in [-0.2, 0) is 10.0 Å². The summed E-state index contributed by atoms with van der Waals surface area (Å²) in [6.45, 7) is -0.0628. The lowest BCUT2D eigenvalue weighted by atomic mass is 9.97. The van der Waals surface area contributed by atoms with Crippen molar-refractivity contribution in [2.45, 2.75) is 23.9 Å². The summed E-state index contributed by atoms with van der Waals surface area (Å²) in [5, 5.41) is 0. The molecule has 1 atom stereocenters. The zero-order chi connectivity index (χ0) is 22.2. The maximum Gasteiger partial charge on any atom is 0.393 e. The molecule has 1 aliphatic rings.